The van der Waals surface area contributed by atoms with Gasteiger partial charge in [0.05, 0.1) is 23.6 Å². The van der Waals surface area contributed by atoms with E-state index in [1.54, 1.807) is 30.0 Å². The molecule has 0 spiro atoms. The number of sulfonamides is 1. The van der Waals surface area contributed by atoms with E-state index in [1.807, 2.05) is 37.3 Å². The average molecular weight is 568 g/mol. The van der Waals surface area contributed by atoms with Gasteiger partial charge in [-0.05, 0) is 54.7 Å². The maximum atomic E-state index is 14.3. The number of carbonyl (C=O) groups excluding carboxylic acids is 1. The summed E-state index contributed by atoms with van der Waals surface area (Å²) in [6, 6.07) is 13.8. The van der Waals surface area contributed by atoms with Gasteiger partial charge in [0, 0.05) is 35.1 Å². The Morgan fingerprint density at radius 1 is 1.14 bits per heavy atom. The third kappa shape index (κ3) is 5.82. The Hall–Kier alpha value is -2.13. The molecule has 4 atom stereocenters. The van der Waals surface area contributed by atoms with Crippen LogP contribution in [-0.4, -0.2) is 59.5 Å². The van der Waals surface area contributed by atoms with Crippen LogP contribution in [0.1, 0.15) is 62.6 Å². The summed E-state index contributed by atoms with van der Waals surface area (Å²) in [6.45, 7) is 4.21. The fraction of sp³-hybridized carbons (Fsp3) is 0.481. The van der Waals surface area contributed by atoms with Crippen molar-refractivity contribution in [2.45, 2.75) is 57.5 Å². The zero-order valence-electron chi connectivity index (χ0n) is 20.9. The predicted octanol–water partition coefficient (Wildman–Crippen LogP) is 5.35. The molecule has 200 valence electrons. The van der Waals surface area contributed by atoms with Crippen LogP contribution in [-0.2, 0) is 19.6 Å². The fourth-order valence-electron chi connectivity index (χ4n) is 5.83. The first-order valence-corrected chi connectivity index (χ1v) is 14.8. The molecule has 0 aromatic heterocycles. The molecule has 10 heteroatoms. The number of hydrogen-bond donors (Lipinski definition) is 1. The molecule has 37 heavy (non-hydrogen) atoms. The molecule has 4 rings (SSSR count). The summed E-state index contributed by atoms with van der Waals surface area (Å²) in [5, 5.41) is 10.9. The van der Waals surface area contributed by atoms with Crippen LogP contribution in [0.5, 0.6) is 0 Å². The van der Waals surface area contributed by atoms with E-state index in [2.05, 4.69) is 0 Å². The second-order valence-corrected chi connectivity index (χ2v) is 13.3. The lowest BCUT2D eigenvalue weighted by Crippen LogP contribution is -2.58. The topological polar surface area (TPSA) is 95.0 Å². The van der Waals surface area contributed by atoms with Crippen LogP contribution in [0.2, 0.25) is 10.0 Å². The van der Waals surface area contributed by atoms with E-state index in [0.717, 1.165) is 11.1 Å². The van der Waals surface area contributed by atoms with Gasteiger partial charge >= 0.3 is 5.97 Å². The minimum Gasteiger partial charge on any atom is -0.481 e. The van der Waals surface area contributed by atoms with Crippen molar-refractivity contribution < 1.29 is 23.1 Å². The molecule has 7 nitrogen and oxygen atoms in total. The van der Waals surface area contributed by atoms with Crippen molar-refractivity contribution in [3.8, 4) is 0 Å². The Kier molecular flexibility index (Phi) is 8.24. The van der Waals surface area contributed by atoms with Crippen LogP contribution in [0.4, 0.5) is 0 Å². The molecular weight excluding hydrogens is 535 g/mol. The molecule has 2 aromatic carbocycles. The number of piperidine rings is 1. The smallest absolute Gasteiger partial charge is 0.304 e. The van der Waals surface area contributed by atoms with E-state index in [4.69, 9.17) is 23.2 Å². The minimum absolute atomic E-state index is 0.0971. The van der Waals surface area contributed by atoms with E-state index in [1.165, 1.54) is 4.31 Å². The molecule has 2 saturated heterocycles. The van der Waals surface area contributed by atoms with Crippen molar-refractivity contribution in [2.75, 3.05) is 18.8 Å². The highest BCUT2D eigenvalue weighted by Gasteiger charge is 2.52. The highest BCUT2D eigenvalue weighted by Crippen LogP contribution is 2.52. The number of amides is 1. The van der Waals surface area contributed by atoms with Crippen molar-refractivity contribution in [1.29, 1.82) is 0 Å². The van der Waals surface area contributed by atoms with E-state index in [0.29, 0.717) is 35.9 Å². The number of benzene rings is 2. The van der Waals surface area contributed by atoms with E-state index in [9.17, 15) is 23.1 Å². The Balaban J connectivity index is 1.88. The van der Waals surface area contributed by atoms with Gasteiger partial charge < -0.3 is 10.0 Å². The standard InChI is InChI=1S/C27H32Cl2N2O5S/c1-3-22(17-30-12-5-13-37(30,35)36)31-25(18-8-10-20(28)11-9-18)23(19-6-4-7-21(29)14-19)15-27(2,26(31)34)16-24(32)33/h4,6-11,14,22-23,25H,3,5,12-13,15-17H2,1-2H3,(H,32,33)/t22-,23+,25+,27+/m0/s1. The second kappa shape index (κ2) is 10.9. The lowest BCUT2D eigenvalue weighted by atomic mass is 9.67. The monoisotopic (exact) mass is 566 g/mol. The summed E-state index contributed by atoms with van der Waals surface area (Å²) in [5.74, 6) is -1.51. The maximum Gasteiger partial charge on any atom is 0.304 e. The van der Waals surface area contributed by atoms with Gasteiger partial charge in [0.1, 0.15) is 0 Å². The maximum absolute atomic E-state index is 14.3. The number of rotatable bonds is 8. The van der Waals surface area contributed by atoms with Gasteiger partial charge in [-0.25, -0.2) is 8.42 Å². The molecule has 2 fully saturated rings. The molecule has 0 unspecified atom stereocenters. The van der Waals surface area contributed by atoms with Gasteiger partial charge in [0.15, 0.2) is 0 Å². The van der Waals surface area contributed by atoms with Gasteiger partial charge in [-0.1, -0.05) is 61.3 Å². The van der Waals surface area contributed by atoms with Crippen LogP contribution in [0, 0.1) is 5.41 Å². The molecule has 0 radical (unpaired) electrons. The summed E-state index contributed by atoms with van der Waals surface area (Å²) >= 11 is 12.6. The Morgan fingerprint density at radius 2 is 1.84 bits per heavy atom. The van der Waals surface area contributed by atoms with Crippen LogP contribution >= 0.6 is 23.2 Å². The van der Waals surface area contributed by atoms with E-state index >= 15 is 0 Å². The molecular formula is C27H32Cl2N2O5S. The summed E-state index contributed by atoms with van der Waals surface area (Å²) in [5.41, 5.74) is 0.562. The minimum atomic E-state index is -3.39. The fourth-order valence-corrected chi connectivity index (χ4v) is 7.71. The molecule has 0 bridgehead atoms. The van der Waals surface area contributed by atoms with Gasteiger partial charge in [-0.3, -0.25) is 9.59 Å². The third-order valence-electron chi connectivity index (χ3n) is 7.61. The molecule has 2 aliphatic rings. The number of hydrogen-bond acceptors (Lipinski definition) is 4. The largest absolute Gasteiger partial charge is 0.481 e. The quantitative estimate of drug-likeness (QED) is 0.465. The zero-order valence-corrected chi connectivity index (χ0v) is 23.3. The molecule has 1 N–H and O–H groups in total. The number of carboxylic acid groups (broad SMARTS) is 1. The van der Waals surface area contributed by atoms with Crippen LogP contribution in [0.15, 0.2) is 48.5 Å². The van der Waals surface area contributed by atoms with Gasteiger partial charge in [0.2, 0.25) is 15.9 Å². The van der Waals surface area contributed by atoms with Crippen molar-refractivity contribution >= 4 is 45.1 Å². The molecule has 1 amide bonds. The first kappa shape index (κ1) is 27.9. The van der Waals surface area contributed by atoms with Crippen molar-refractivity contribution in [2.24, 2.45) is 5.41 Å². The first-order chi connectivity index (χ1) is 17.4. The average Bonchev–Trinajstić information content (AvgIpc) is 3.17. The number of carbonyl (C=O) groups is 2. The van der Waals surface area contributed by atoms with Gasteiger partial charge in [0.25, 0.3) is 0 Å². The predicted molar refractivity (Wildman–Crippen MR) is 144 cm³/mol. The summed E-state index contributed by atoms with van der Waals surface area (Å²) in [6.07, 6.45) is 1.04. The van der Waals surface area contributed by atoms with Crippen LogP contribution in [0.3, 0.4) is 0 Å². The van der Waals surface area contributed by atoms with Crippen molar-refractivity contribution in [1.82, 2.24) is 9.21 Å². The lowest BCUT2D eigenvalue weighted by molar-refractivity contribution is -0.160. The third-order valence-corrected chi connectivity index (χ3v) is 10.0. The lowest BCUT2D eigenvalue weighted by Gasteiger charge is -2.52. The summed E-state index contributed by atoms with van der Waals surface area (Å²) in [4.78, 5) is 27.9. The van der Waals surface area contributed by atoms with Gasteiger partial charge in [-0.2, -0.15) is 4.31 Å². The van der Waals surface area contributed by atoms with Crippen LogP contribution < -0.4 is 0 Å². The summed E-state index contributed by atoms with van der Waals surface area (Å²) in [7, 11) is -3.39. The molecule has 0 aliphatic carbocycles. The Labute approximate surface area is 228 Å². The molecule has 2 heterocycles. The van der Waals surface area contributed by atoms with Crippen molar-refractivity contribution in [3.63, 3.8) is 0 Å². The molecule has 2 aliphatic heterocycles. The molecule has 0 saturated carbocycles. The Morgan fingerprint density at radius 3 is 2.41 bits per heavy atom. The van der Waals surface area contributed by atoms with E-state index < -0.39 is 33.5 Å². The van der Waals surface area contributed by atoms with Crippen molar-refractivity contribution in [3.05, 3.63) is 69.7 Å². The number of nitrogens with zero attached hydrogens (tertiary/aromatic N) is 2. The first-order valence-electron chi connectivity index (χ1n) is 12.5. The van der Waals surface area contributed by atoms with Crippen LogP contribution in [0.25, 0.3) is 0 Å². The van der Waals surface area contributed by atoms with Gasteiger partial charge in [-0.15, -0.1) is 0 Å². The SMILES string of the molecule is CC[C@@H](CN1CCCS1(=O)=O)N1C(=O)[C@@](C)(CC(=O)O)C[C@H](c2cccc(Cl)c2)[C@H]1c1ccc(Cl)cc1. The Bertz CT molecular complexity index is 1270. The highest BCUT2D eigenvalue weighted by atomic mass is 35.5. The summed E-state index contributed by atoms with van der Waals surface area (Å²) < 4.78 is 26.8. The zero-order chi connectivity index (χ0) is 27.0. The number of halogens is 2. The van der Waals surface area contributed by atoms with E-state index in [-0.39, 0.29) is 30.5 Å². The number of likely N-dealkylation sites (tertiary alicyclic amines) is 1. The highest BCUT2D eigenvalue weighted by molar-refractivity contribution is 7.89. The second-order valence-electron chi connectivity index (χ2n) is 10.3. The number of aliphatic carboxylic acids is 1. The normalized spacial score (nSPS) is 26.8. The number of carboxylic acids is 1. The molecule has 2 aromatic rings.